The highest BCUT2D eigenvalue weighted by atomic mass is 32.1. The van der Waals surface area contributed by atoms with Crippen LogP contribution < -0.4 is 5.32 Å². The number of amides is 1. The van der Waals surface area contributed by atoms with Crippen LogP contribution in [-0.2, 0) is 4.79 Å². The molecule has 1 aliphatic rings. The standard InChI is InChI=1S/C16H11NOS/c18-15-13(11-7-3-1-4-8-11)14(16(19)17-15)12-9-5-2-6-10-12/h1-10H,(H,17,18,19). The molecule has 1 N–H and O–H groups in total. The number of nitrogens with one attached hydrogen (secondary N) is 1. The molecule has 0 aliphatic carbocycles. The molecule has 0 unspecified atom stereocenters. The topological polar surface area (TPSA) is 29.1 Å². The SMILES string of the molecule is O=C1NC(=S)C(c2ccccc2)=C1c1ccccc1. The first-order valence-corrected chi connectivity index (χ1v) is 6.39. The van der Waals surface area contributed by atoms with E-state index in [4.69, 9.17) is 12.2 Å². The lowest BCUT2D eigenvalue weighted by Crippen LogP contribution is -2.21. The first-order valence-electron chi connectivity index (χ1n) is 5.98. The van der Waals surface area contributed by atoms with E-state index in [0.717, 1.165) is 16.7 Å². The van der Waals surface area contributed by atoms with Gasteiger partial charge in [-0.3, -0.25) is 4.79 Å². The molecule has 1 aliphatic heterocycles. The second kappa shape index (κ2) is 4.78. The summed E-state index contributed by atoms with van der Waals surface area (Å²) in [7, 11) is 0. The Kier molecular flexibility index (Phi) is 2.97. The highest BCUT2D eigenvalue weighted by Crippen LogP contribution is 2.31. The molecular formula is C16H11NOS. The van der Waals surface area contributed by atoms with Gasteiger partial charge in [-0.1, -0.05) is 72.9 Å². The lowest BCUT2D eigenvalue weighted by atomic mass is 9.97. The molecular weight excluding hydrogens is 254 g/mol. The van der Waals surface area contributed by atoms with Crippen LogP contribution in [0, 0.1) is 0 Å². The largest absolute Gasteiger partial charge is 0.312 e. The fourth-order valence-corrected chi connectivity index (χ4v) is 2.53. The molecule has 3 rings (SSSR count). The van der Waals surface area contributed by atoms with Gasteiger partial charge in [-0.15, -0.1) is 0 Å². The number of thiocarbonyl (C=S) groups is 1. The van der Waals surface area contributed by atoms with Crippen LogP contribution in [0.2, 0.25) is 0 Å². The summed E-state index contributed by atoms with van der Waals surface area (Å²) in [5.41, 5.74) is 3.31. The molecule has 0 saturated heterocycles. The molecule has 1 heterocycles. The van der Waals surface area contributed by atoms with Crippen molar-refractivity contribution in [1.82, 2.24) is 5.32 Å². The van der Waals surface area contributed by atoms with Crippen LogP contribution in [0.25, 0.3) is 11.1 Å². The van der Waals surface area contributed by atoms with Gasteiger partial charge in [0.25, 0.3) is 5.91 Å². The van der Waals surface area contributed by atoms with Gasteiger partial charge in [0.15, 0.2) is 0 Å². The fraction of sp³-hybridized carbons (Fsp3) is 0. The molecule has 2 aromatic carbocycles. The highest BCUT2D eigenvalue weighted by Gasteiger charge is 2.28. The smallest absolute Gasteiger partial charge is 0.257 e. The van der Waals surface area contributed by atoms with Gasteiger partial charge >= 0.3 is 0 Å². The molecule has 0 fully saturated rings. The van der Waals surface area contributed by atoms with E-state index in [1.54, 1.807) is 0 Å². The molecule has 0 bridgehead atoms. The molecule has 2 aromatic rings. The predicted molar refractivity (Wildman–Crippen MR) is 80.4 cm³/mol. The first kappa shape index (κ1) is 11.8. The van der Waals surface area contributed by atoms with Crippen molar-refractivity contribution in [2.45, 2.75) is 0 Å². The summed E-state index contributed by atoms with van der Waals surface area (Å²) in [6, 6.07) is 19.4. The van der Waals surface area contributed by atoms with Crippen LogP contribution in [0.4, 0.5) is 0 Å². The van der Waals surface area contributed by atoms with Crippen molar-refractivity contribution in [2.75, 3.05) is 0 Å². The minimum atomic E-state index is -0.130. The zero-order valence-electron chi connectivity index (χ0n) is 10.1. The number of benzene rings is 2. The van der Waals surface area contributed by atoms with Gasteiger partial charge in [0.1, 0.15) is 4.99 Å². The van der Waals surface area contributed by atoms with Crippen molar-refractivity contribution < 1.29 is 4.79 Å². The van der Waals surface area contributed by atoms with E-state index < -0.39 is 0 Å². The minimum absolute atomic E-state index is 0.130. The van der Waals surface area contributed by atoms with Gasteiger partial charge in [-0.2, -0.15) is 0 Å². The Bertz CT molecular complexity index is 615. The zero-order chi connectivity index (χ0) is 13.2. The molecule has 0 spiro atoms. The Balaban J connectivity index is 2.24. The van der Waals surface area contributed by atoms with Gasteiger partial charge in [-0.25, -0.2) is 0 Å². The summed E-state index contributed by atoms with van der Waals surface area (Å²) in [4.78, 5) is 12.6. The van der Waals surface area contributed by atoms with Gasteiger partial charge in [0.05, 0.1) is 5.57 Å². The molecule has 19 heavy (non-hydrogen) atoms. The Morgan fingerprint density at radius 3 is 1.74 bits per heavy atom. The van der Waals surface area contributed by atoms with Crippen molar-refractivity contribution >= 4 is 34.3 Å². The van der Waals surface area contributed by atoms with Crippen molar-refractivity contribution in [3.05, 3.63) is 71.8 Å². The number of hydrogen-bond acceptors (Lipinski definition) is 2. The van der Waals surface area contributed by atoms with Gasteiger partial charge in [0.2, 0.25) is 0 Å². The summed E-state index contributed by atoms with van der Waals surface area (Å²) in [6.07, 6.45) is 0. The van der Waals surface area contributed by atoms with Crippen molar-refractivity contribution in [1.29, 1.82) is 0 Å². The van der Waals surface area contributed by atoms with Gasteiger partial charge in [0, 0.05) is 5.57 Å². The van der Waals surface area contributed by atoms with E-state index in [2.05, 4.69) is 5.32 Å². The third-order valence-electron chi connectivity index (χ3n) is 3.06. The van der Waals surface area contributed by atoms with E-state index in [9.17, 15) is 4.79 Å². The Morgan fingerprint density at radius 2 is 1.21 bits per heavy atom. The molecule has 0 aromatic heterocycles. The molecule has 1 amide bonds. The van der Waals surface area contributed by atoms with Crippen molar-refractivity contribution in [3.63, 3.8) is 0 Å². The Labute approximate surface area is 116 Å². The molecule has 0 saturated carbocycles. The van der Waals surface area contributed by atoms with E-state index in [-0.39, 0.29) is 5.91 Å². The van der Waals surface area contributed by atoms with Gasteiger partial charge in [-0.05, 0) is 11.1 Å². The second-order valence-corrected chi connectivity index (χ2v) is 4.67. The molecule has 92 valence electrons. The normalized spacial score (nSPS) is 14.7. The number of rotatable bonds is 2. The molecule has 2 nitrogen and oxygen atoms in total. The predicted octanol–water partition coefficient (Wildman–Crippen LogP) is 3.05. The quantitative estimate of drug-likeness (QED) is 0.846. The van der Waals surface area contributed by atoms with Crippen molar-refractivity contribution in [3.8, 4) is 0 Å². The lowest BCUT2D eigenvalue weighted by molar-refractivity contribution is -0.114. The highest BCUT2D eigenvalue weighted by molar-refractivity contribution is 7.81. The van der Waals surface area contributed by atoms with Crippen LogP contribution in [0.1, 0.15) is 11.1 Å². The number of hydrogen-bond donors (Lipinski definition) is 1. The van der Waals surface area contributed by atoms with E-state index in [1.807, 2.05) is 60.7 Å². The van der Waals surface area contributed by atoms with E-state index >= 15 is 0 Å². The molecule has 0 radical (unpaired) electrons. The third kappa shape index (κ3) is 2.09. The summed E-state index contributed by atoms with van der Waals surface area (Å²) >= 11 is 5.29. The molecule has 0 atom stereocenters. The maximum absolute atomic E-state index is 12.1. The van der Waals surface area contributed by atoms with Crippen molar-refractivity contribution in [2.24, 2.45) is 0 Å². The average molecular weight is 265 g/mol. The maximum atomic E-state index is 12.1. The summed E-state index contributed by atoms with van der Waals surface area (Å²) < 4.78 is 0. The summed E-state index contributed by atoms with van der Waals surface area (Å²) in [5.74, 6) is -0.130. The summed E-state index contributed by atoms with van der Waals surface area (Å²) in [5, 5.41) is 2.73. The monoisotopic (exact) mass is 265 g/mol. The first-order chi connectivity index (χ1) is 9.27. The van der Waals surface area contributed by atoms with E-state index in [1.165, 1.54) is 0 Å². The van der Waals surface area contributed by atoms with Gasteiger partial charge < -0.3 is 5.32 Å². The summed E-state index contributed by atoms with van der Waals surface area (Å²) in [6.45, 7) is 0. The molecule has 3 heteroatoms. The van der Waals surface area contributed by atoms with Crippen LogP contribution in [0.3, 0.4) is 0 Å². The Morgan fingerprint density at radius 1 is 0.737 bits per heavy atom. The fourth-order valence-electron chi connectivity index (χ4n) is 2.22. The average Bonchev–Trinajstić information content (AvgIpc) is 2.75. The number of carbonyl (C=O) groups excluding carboxylic acids is 1. The van der Waals surface area contributed by atoms with Crippen LogP contribution in [0.5, 0.6) is 0 Å². The van der Waals surface area contributed by atoms with Crippen LogP contribution >= 0.6 is 12.2 Å². The third-order valence-corrected chi connectivity index (χ3v) is 3.36. The van der Waals surface area contributed by atoms with Crippen LogP contribution in [0.15, 0.2) is 60.7 Å². The lowest BCUT2D eigenvalue weighted by Gasteiger charge is -2.05. The maximum Gasteiger partial charge on any atom is 0.257 e. The zero-order valence-corrected chi connectivity index (χ0v) is 10.9. The number of carbonyl (C=O) groups is 1. The second-order valence-electron chi connectivity index (χ2n) is 4.27. The van der Waals surface area contributed by atoms with Crippen LogP contribution in [-0.4, -0.2) is 10.9 Å². The Hall–Kier alpha value is -2.26. The van der Waals surface area contributed by atoms with E-state index in [0.29, 0.717) is 10.6 Å². The minimum Gasteiger partial charge on any atom is -0.312 e.